The highest BCUT2D eigenvalue weighted by molar-refractivity contribution is 6.12. The molecule has 6 nitrogen and oxygen atoms in total. The van der Waals surface area contributed by atoms with Gasteiger partial charge in [-0.15, -0.1) is 0 Å². The Hall–Kier alpha value is -5.75. The lowest BCUT2D eigenvalue weighted by molar-refractivity contribution is 0.483. The van der Waals surface area contributed by atoms with E-state index in [1.807, 2.05) is 12.3 Å². The van der Waals surface area contributed by atoms with Crippen LogP contribution in [0.3, 0.4) is 0 Å². The monoisotopic (exact) mass is 627 g/mol. The first-order valence-electron chi connectivity index (χ1n) is 16.5. The van der Waals surface area contributed by atoms with E-state index in [0.717, 1.165) is 40.7 Å². The Morgan fingerprint density at radius 3 is 2.15 bits per heavy atom. The Kier molecular flexibility index (Phi) is 6.15. The maximum Gasteiger partial charge on any atom is 0.137 e. The summed E-state index contributed by atoms with van der Waals surface area (Å²) in [6.45, 7) is 7.47. The molecule has 0 saturated heterocycles. The van der Waals surface area contributed by atoms with Gasteiger partial charge in [-0.1, -0.05) is 63.2 Å². The Labute approximate surface area is 280 Å². The van der Waals surface area contributed by atoms with Gasteiger partial charge < -0.3 is 19.1 Å². The highest BCUT2D eigenvalue weighted by Crippen LogP contribution is 2.45. The average molecular weight is 628 g/mol. The number of rotatable bonds is 4. The minimum absolute atomic E-state index is 0.0152. The fourth-order valence-corrected chi connectivity index (χ4v) is 7.41. The zero-order valence-corrected chi connectivity index (χ0v) is 27.9. The Morgan fingerprint density at radius 2 is 1.33 bits per heavy atom. The first kappa shape index (κ1) is 28.5. The third-order valence-electron chi connectivity index (χ3n) is 9.92. The smallest absolute Gasteiger partial charge is 0.137 e. The number of pyridine rings is 1. The van der Waals surface area contributed by atoms with Gasteiger partial charge in [0, 0.05) is 65.2 Å². The van der Waals surface area contributed by atoms with Gasteiger partial charge in [-0.05, 0) is 71.6 Å². The number of hydrogen-bond acceptors (Lipinski definition) is 4. The molecule has 0 N–H and O–H groups in total. The molecule has 0 atom stereocenters. The summed E-state index contributed by atoms with van der Waals surface area (Å²) in [4.78, 5) is 9.53. The van der Waals surface area contributed by atoms with Crippen molar-refractivity contribution in [3.63, 3.8) is 0 Å². The van der Waals surface area contributed by atoms with E-state index in [1.54, 1.807) is 0 Å². The summed E-state index contributed by atoms with van der Waals surface area (Å²) >= 11 is 0. The second-order valence-corrected chi connectivity index (χ2v) is 14.0. The van der Waals surface area contributed by atoms with Gasteiger partial charge in [-0.2, -0.15) is 0 Å². The lowest BCUT2D eigenvalue weighted by atomic mass is 9.88. The van der Waals surface area contributed by atoms with Crippen molar-refractivity contribution in [2.24, 2.45) is 7.05 Å². The normalized spacial score (nSPS) is 13.4. The third-order valence-corrected chi connectivity index (χ3v) is 9.92. The highest BCUT2D eigenvalue weighted by atomic mass is 16.5. The van der Waals surface area contributed by atoms with Gasteiger partial charge in [0.05, 0.1) is 34.6 Å². The SMILES string of the molecule is CN1CN(c2cccc(Oc3ccc4c5ccccc5n(-c5cc(C(C)(C)C)ccn5)c4c3)c2)c2cc3c4ccccc4n(C)c3cc21. The number of fused-ring (bicyclic) bond motifs is 7. The predicted octanol–water partition coefficient (Wildman–Crippen LogP) is 10.5. The second kappa shape index (κ2) is 10.4. The topological polar surface area (TPSA) is 38.5 Å². The molecule has 0 fully saturated rings. The van der Waals surface area contributed by atoms with E-state index in [2.05, 4.69) is 163 Å². The molecule has 5 aromatic carbocycles. The fourth-order valence-electron chi connectivity index (χ4n) is 7.41. The largest absolute Gasteiger partial charge is 0.457 e. The first-order chi connectivity index (χ1) is 23.2. The molecule has 0 bridgehead atoms. The molecular formula is C42H37N5O. The summed E-state index contributed by atoms with van der Waals surface area (Å²) in [7, 11) is 4.31. The first-order valence-corrected chi connectivity index (χ1v) is 16.5. The summed E-state index contributed by atoms with van der Waals surface area (Å²) in [5.41, 5.74) is 9.47. The van der Waals surface area contributed by atoms with Crippen LogP contribution in [0.2, 0.25) is 0 Å². The molecule has 1 aliphatic rings. The maximum atomic E-state index is 6.62. The molecule has 0 amide bonds. The number of nitrogens with zero attached hydrogens (tertiary/aromatic N) is 5. The van der Waals surface area contributed by atoms with E-state index in [4.69, 9.17) is 9.72 Å². The van der Waals surface area contributed by atoms with Crippen LogP contribution in [-0.2, 0) is 12.5 Å². The van der Waals surface area contributed by atoms with Crippen molar-refractivity contribution < 1.29 is 4.74 Å². The molecule has 4 heterocycles. The molecule has 48 heavy (non-hydrogen) atoms. The lowest BCUT2D eigenvalue weighted by Crippen LogP contribution is -2.23. The molecule has 9 rings (SSSR count). The van der Waals surface area contributed by atoms with Crippen LogP contribution in [0.4, 0.5) is 17.1 Å². The van der Waals surface area contributed by atoms with Crippen LogP contribution in [0.25, 0.3) is 49.4 Å². The van der Waals surface area contributed by atoms with Crippen molar-refractivity contribution in [3.8, 4) is 17.3 Å². The number of hydrogen-bond donors (Lipinski definition) is 0. The summed E-state index contributed by atoms with van der Waals surface area (Å²) in [5, 5.41) is 4.91. The van der Waals surface area contributed by atoms with Crippen LogP contribution in [0, 0.1) is 0 Å². The number of ether oxygens (including phenoxy) is 1. The van der Waals surface area contributed by atoms with Crippen molar-refractivity contribution in [3.05, 3.63) is 127 Å². The van der Waals surface area contributed by atoms with Crippen molar-refractivity contribution in [2.75, 3.05) is 23.5 Å². The van der Waals surface area contributed by atoms with Gasteiger partial charge in [-0.3, -0.25) is 4.57 Å². The summed E-state index contributed by atoms with van der Waals surface area (Å²) in [6, 6.07) is 41.0. The van der Waals surface area contributed by atoms with Gasteiger partial charge >= 0.3 is 0 Å². The number of aromatic nitrogens is 3. The fraction of sp³-hybridized carbons (Fsp3) is 0.167. The Bertz CT molecular complexity index is 2550. The van der Waals surface area contributed by atoms with Crippen LogP contribution in [0.5, 0.6) is 11.5 Å². The highest BCUT2D eigenvalue weighted by Gasteiger charge is 2.27. The molecule has 3 aromatic heterocycles. The van der Waals surface area contributed by atoms with Crippen LogP contribution < -0.4 is 14.5 Å². The Morgan fingerprint density at radius 1 is 0.604 bits per heavy atom. The van der Waals surface area contributed by atoms with Crippen molar-refractivity contribution in [2.45, 2.75) is 26.2 Å². The van der Waals surface area contributed by atoms with E-state index < -0.39 is 0 Å². The van der Waals surface area contributed by atoms with E-state index in [0.29, 0.717) is 0 Å². The average Bonchev–Trinajstić information content (AvgIpc) is 3.70. The quantitative estimate of drug-likeness (QED) is 0.195. The van der Waals surface area contributed by atoms with Crippen LogP contribution in [-0.4, -0.2) is 27.8 Å². The van der Waals surface area contributed by atoms with E-state index >= 15 is 0 Å². The minimum Gasteiger partial charge on any atom is -0.457 e. The maximum absolute atomic E-state index is 6.62. The standard InChI is InChI=1S/C42H37N5O/c1-42(2,3)27-19-20-43-41(21-27)47-36-16-9-7-13-31(36)33-18-17-30(23-38(33)47)48-29-12-10-11-28(22-29)46-26-44(4)39-25-37-34(24-40(39)46)32-14-6-8-15-35(32)45(37)5/h6-25H,26H2,1-5H3. The molecular weight excluding hydrogens is 590 g/mol. The molecule has 0 spiro atoms. The third kappa shape index (κ3) is 4.36. The van der Waals surface area contributed by atoms with Gasteiger partial charge in [0.15, 0.2) is 0 Å². The Balaban J connectivity index is 1.11. The molecule has 0 aliphatic carbocycles. The minimum atomic E-state index is 0.0152. The molecule has 6 heteroatoms. The van der Waals surface area contributed by atoms with Gasteiger partial charge in [-0.25, -0.2) is 4.98 Å². The van der Waals surface area contributed by atoms with Crippen LogP contribution in [0.1, 0.15) is 26.3 Å². The van der Waals surface area contributed by atoms with E-state index in [9.17, 15) is 0 Å². The molecule has 0 unspecified atom stereocenters. The zero-order chi connectivity index (χ0) is 32.7. The second-order valence-electron chi connectivity index (χ2n) is 14.0. The van der Waals surface area contributed by atoms with Gasteiger partial charge in [0.25, 0.3) is 0 Å². The zero-order valence-electron chi connectivity index (χ0n) is 27.9. The summed E-state index contributed by atoms with van der Waals surface area (Å²) < 4.78 is 11.2. The molecule has 8 aromatic rings. The van der Waals surface area contributed by atoms with Crippen molar-refractivity contribution in [1.29, 1.82) is 0 Å². The predicted molar refractivity (Wildman–Crippen MR) is 200 cm³/mol. The van der Waals surface area contributed by atoms with Gasteiger partial charge in [0.2, 0.25) is 0 Å². The molecule has 236 valence electrons. The molecule has 1 aliphatic heterocycles. The molecule has 0 radical (unpaired) electrons. The van der Waals surface area contributed by atoms with Crippen LogP contribution in [0.15, 0.2) is 121 Å². The van der Waals surface area contributed by atoms with E-state index in [-0.39, 0.29) is 5.41 Å². The number of anilines is 3. The molecule has 0 saturated carbocycles. The number of benzene rings is 5. The lowest BCUT2D eigenvalue weighted by Gasteiger charge is -2.20. The van der Waals surface area contributed by atoms with Crippen molar-refractivity contribution >= 4 is 60.7 Å². The van der Waals surface area contributed by atoms with Gasteiger partial charge in [0.1, 0.15) is 17.3 Å². The number of aryl methyl sites for hydroxylation is 1. The summed E-state index contributed by atoms with van der Waals surface area (Å²) in [5.74, 6) is 2.49. The van der Waals surface area contributed by atoms with Crippen molar-refractivity contribution in [1.82, 2.24) is 14.1 Å². The number of para-hydroxylation sites is 2. The summed E-state index contributed by atoms with van der Waals surface area (Å²) in [6.07, 6.45) is 1.92. The van der Waals surface area contributed by atoms with E-state index in [1.165, 1.54) is 49.5 Å². The van der Waals surface area contributed by atoms with Crippen LogP contribution >= 0.6 is 0 Å².